The van der Waals surface area contributed by atoms with Gasteiger partial charge in [-0.2, -0.15) is 0 Å². The summed E-state index contributed by atoms with van der Waals surface area (Å²) < 4.78 is 0. The number of carboxylic acid groups (broad SMARTS) is 1. The van der Waals surface area contributed by atoms with Gasteiger partial charge in [0.2, 0.25) is 5.91 Å². The number of aromatic carboxylic acids is 1. The van der Waals surface area contributed by atoms with E-state index in [-0.39, 0.29) is 11.5 Å². The van der Waals surface area contributed by atoms with Crippen molar-refractivity contribution in [2.75, 3.05) is 5.32 Å². The monoisotopic (exact) mass is 273 g/mol. The largest absolute Gasteiger partial charge is 0.478 e. The van der Waals surface area contributed by atoms with Gasteiger partial charge < -0.3 is 10.4 Å². The molecule has 5 heteroatoms. The van der Waals surface area contributed by atoms with Gasteiger partial charge in [-0.1, -0.05) is 6.07 Å². The molecule has 19 heavy (non-hydrogen) atoms. The minimum absolute atomic E-state index is 0.187. The van der Waals surface area contributed by atoms with Gasteiger partial charge in [0.15, 0.2) is 0 Å². The minimum Gasteiger partial charge on any atom is -0.478 e. The molecule has 1 amide bonds. The summed E-state index contributed by atoms with van der Waals surface area (Å²) in [5.74, 6) is -1.24. The molecule has 1 aromatic carbocycles. The minimum atomic E-state index is -0.990. The molecule has 0 aliphatic heterocycles. The maximum Gasteiger partial charge on any atom is 0.335 e. The number of thiophene rings is 1. The van der Waals surface area contributed by atoms with E-state index >= 15 is 0 Å². The molecule has 4 nitrogen and oxygen atoms in total. The summed E-state index contributed by atoms with van der Waals surface area (Å²) in [6.07, 6.45) is 3.17. The van der Waals surface area contributed by atoms with E-state index < -0.39 is 5.97 Å². The van der Waals surface area contributed by atoms with Crippen molar-refractivity contribution in [2.24, 2.45) is 0 Å². The first-order valence-electron chi connectivity index (χ1n) is 5.51. The molecule has 0 atom stereocenters. The number of carbonyl (C=O) groups is 2. The molecular weight excluding hydrogens is 262 g/mol. The van der Waals surface area contributed by atoms with E-state index in [2.05, 4.69) is 5.32 Å². The van der Waals surface area contributed by atoms with Gasteiger partial charge >= 0.3 is 5.97 Å². The summed E-state index contributed by atoms with van der Waals surface area (Å²) >= 11 is 1.54. The lowest BCUT2D eigenvalue weighted by atomic mass is 10.2. The van der Waals surface area contributed by atoms with Crippen LogP contribution in [0.15, 0.2) is 47.9 Å². The zero-order valence-electron chi connectivity index (χ0n) is 9.87. The molecule has 2 aromatic rings. The molecule has 0 unspecified atom stereocenters. The summed E-state index contributed by atoms with van der Waals surface area (Å²) in [7, 11) is 0. The molecule has 1 aromatic heterocycles. The fourth-order valence-corrected chi connectivity index (χ4v) is 2.04. The van der Waals surface area contributed by atoms with Crippen LogP contribution < -0.4 is 5.32 Å². The number of carbonyl (C=O) groups excluding carboxylic acids is 1. The third-order valence-corrected chi connectivity index (χ3v) is 3.18. The highest BCUT2D eigenvalue weighted by atomic mass is 32.1. The summed E-state index contributed by atoms with van der Waals surface area (Å²) in [6, 6.07) is 9.82. The molecule has 0 radical (unpaired) electrons. The highest BCUT2D eigenvalue weighted by Crippen LogP contribution is 2.12. The van der Waals surface area contributed by atoms with E-state index in [1.54, 1.807) is 29.5 Å². The summed E-state index contributed by atoms with van der Waals surface area (Å²) in [5.41, 5.74) is 0.748. The smallest absolute Gasteiger partial charge is 0.335 e. The number of benzene rings is 1. The van der Waals surface area contributed by atoms with Gasteiger partial charge in [0.25, 0.3) is 0 Å². The number of anilines is 1. The SMILES string of the molecule is O=C(C=Cc1cccs1)Nc1ccc(C(=O)O)cc1. The van der Waals surface area contributed by atoms with E-state index in [0.717, 1.165) is 4.88 Å². The first-order chi connectivity index (χ1) is 9.15. The molecule has 0 aliphatic carbocycles. The van der Waals surface area contributed by atoms with Crippen molar-refractivity contribution in [3.8, 4) is 0 Å². The summed E-state index contributed by atoms with van der Waals surface area (Å²) in [5, 5.41) is 13.3. The number of rotatable bonds is 4. The van der Waals surface area contributed by atoms with Crippen molar-refractivity contribution in [1.82, 2.24) is 0 Å². The zero-order chi connectivity index (χ0) is 13.7. The van der Waals surface area contributed by atoms with E-state index in [4.69, 9.17) is 5.11 Å². The molecule has 96 valence electrons. The second kappa shape index (κ2) is 5.97. The molecule has 2 rings (SSSR count). The summed E-state index contributed by atoms with van der Waals surface area (Å²) in [4.78, 5) is 23.3. The van der Waals surface area contributed by atoms with Crippen LogP contribution in [0.2, 0.25) is 0 Å². The Balaban J connectivity index is 1.97. The fraction of sp³-hybridized carbons (Fsp3) is 0. The Hall–Kier alpha value is -2.40. The Labute approximate surface area is 114 Å². The van der Waals surface area contributed by atoms with E-state index in [1.807, 2.05) is 17.5 Å². The maximum atomic E-state index is 11.6. The maximum absolute atomic E-state index is 11.6. The van der Waals surface area contributed by atoms with Gasteiger partial charge in [-0.05, 0) is 41.8 Å². The van der Waals surface area contributed by atoms with Crippen LogP contribution in [0.25, 0.3) is 6.08 Å². The standard InChI is InChI=1S/C14H11NO3S/c16-13(8-7-12-2-1-9-19-12)15-11-5-3-10(4-6-11)14(17)18/h1-9H,(H,15,16)(H,17,18). The average Bonchev–Trinajstić information content (AvgIpc) is 2.90. The van der Waals surface area contributed by atoms with Crippen molar-refractivity contribution >= 4 is 35.0 Å². The van der Waals surface area contributed by atoms with Crippen molar-refractivity contribution < 1.29 is 14.7 Å². The lowest BCUT2D eigenvalue weighted by molar-refractivity contribution is -0.111. The second-order valence-electron chi connectivity index (χ2n) is 3.72. The first kappa shape index (κ1) is 13.0. The predicted octanol–water partition coefficient (Wildman–Crippen LogP) is 3.10. The Bertz CT molecular complexity index is 600. The molecule has 0 bridgehead atoms. The number of amides is 1. The normalized spacial score (nSPS) is 10.5. The lowest BCUT2D eigenvalue weighted by Gasteiger charge is -2.02. The highest BCUT2D eigenvalue weighted by molar-refractivity contribution is 7.10. The topological polar surface area (TPSA) is 66.4 Å². The molecular formula is C14H11NO3S. The highest BCUT2D eigenvalue weighted by Gasteiger charge is 2.02. The molecule has 0 aliphatic rings. The third kappa shape index (κ3) is 3.79. The van der Waals surface area contributed by atoms with Gasteiger partial charge in [0.1, 0.15) is 0 Å². The third-order valence-electron chi connectivity index (χ3n) is 2.34. The van der Waals surface area contributed by atoms with Crippen LogP contribution in [-0.2, 0) is 4.79 Å². The van der Waals surface area contributed by atoms with Crippen LogP contribution in [0.1, 0.15) is 15.2 Å². The average molecular weight is 273 g/mol. The van der Waals surface area contributed by atoms with Gasteiger partial charge in [0.05, 0.1) is 5.56 Å². The van der Waals surface area contributed by atoms with Crippen LogP contribution in [0.4, 0.5) is 5.69 Å². The number of hydrogen-bond acceptors (Lipinski definition) is 3. The Kier molecular flexibility index (Phi) is 4.10. The number of hydrogen-bond donors (Lipinski definition) is 2. The predicted molar refractivity (Wildman–Crippen MR) is 75.4 cm³/mol. The van der Waals surface area contributed by atoms with E-state index in [9.17, 15) is 9.59 Å². The van der Waals surface area contributed by atoms with Gasteiger partial charge in [-0.3, -0.25) is 4.79 Å². The van der Waals surface area contributed by atoms with Crippen LogP contribution in [0.3, 0.4) is 0 Å². The van der Waals surface area contributed by atoms with Crippen molar-refractivity contribution in [2.45, 2.75) is 0 Å². The quantitative estimate of drug-likeness (QED) is 0.841. The van der Waals surface area contributed by atoms with Crippen LogP contribution in [0.5, 0.6) is 0 Å². The number of nitrogens with one attached hydrogen (secondary N) is 1. The molecule has 0 saturated heterocycles. The Morgan fingerprint density at radius 1 is 1.16 bits per heavy atom. The van der Waals surface area contributed by atoms with Gasteiger partial charge in [-0.15, -0.1) is 11.3 Å². The van der Waals surface area contributed by atoms with Crippen LogP contribution in [-0.4, -0.2) is 17.0 Å². The van der Waals surface area contributed by atoms with Crippen molar-refractivity contribution in [3.05, 3.63) is 58.3 Å². The molecule has 0 saturated carbocycles. The van der Waals surface area contributed by atoms with Gasteiger partial charge in [0, 0.05) is 16.6 Å². The molecule has 0 spiro atoms. The molecule has 0 fully saturated rings. The second-order valence-corrected chi connectivity index (χ2v) is 4.70. The van der Waals surface area contributed by atoms with E-state index in [0.29, 0.717) is 5.69 Å². The Morgan fingerprint density at radius 3 is 2.47 bits per heavy atom. The molecule has 2 N–H and O–H groups in total. The van der Waals surface area contributed by atoms with Crippen LogP contribution >= 0.6 is 11.3 Å². The van der Waals surface area contributed by atoms with Crippen molar-refractivity contribution in [3.63, 3.8) is 0 Å². The van der Waals surface area contributed by atoms with E-state index in [1.165, 1.54) is 18.2 Å². The summed E-state index contributed by atoms with van der Waals surface area (Å²) in [6.45, 7) is 0. The fourth-order valence-electron chi connectivity index (χ4n) is 1.42. The zero-order valence-corrected chi connectivity index (χ0v) is 10.7. The van der Waals surface area contributed by atoms with Gasteiger partial charge in [-0.25, -0.2) is 4.79 Å². The number of carboxylic acids is 1. The van der Waals surface area contributed by atoms with Crippen molar-refractivity contribution in [1.29, 1.82) is 0 Å². The van der Waals surface area contributed by atoms with Crippen LogP contribution in [0, 0.1) is 0 Å². The first-order valence-corrected chi connectivity index (χ1v) is 6.39. The molecule has 1 heterocycles. The Morgan fingerprint density at radius 2 is 1.89 bits per heavy atom. The lowest BCUT2D eigenvalue weighted by Crippen LogP contribution is -2.07.